The van der Waals surface area contributed by atoms with Crippen molar-refractivity contribution >= 4 is 11.9 Å². The van der Waals surface area contributed by atoms with Gasteiger partial charge < -0.3 is 9.84 Å². The molecule has 0 spiro atoms. The number of rotatable bonds is 31. The molecule has 0 bridgehead atoms. The van der Waals surface area contributed by atoms with Gasteiger partial charge in [-0.3, -0.25) is 9.59 Å². The van der Waals surface area contributed by atoms with Gasteiger partial charge in [-0.15, -0.1) is 0 Å². The fourth-order valence-corrected chi connectivity index (χ4v) is 4.93. The lowest BCUT2D eigenvalue weighted by Crippen LogP contribution is -2.18. The van der Waals surface area contributed by atoms with E-state index in [1.54, 1.807) is 0 Å². The van der Waals surface area contributed by atoms with Crippen molar-refractivity contribution < 1.29 is 19.4 Å². The summed E-state index contributed by atoms with van der Waals surface area (Å²) in [4.78, 5) is 23.3. The number of carboxylic acid groups (broad SMARTS) is 1. The summed E-state index contributed by atoms with van der Waals surface area (Å²) in [6.07, 6.45) is 44.0. The molecule has 0 aliphatic rings. The maximum atomic E-state index is 12.5. The van der Waals surface area contributed by atoms with Crippen molar-refractivity contribution in [3.63, 3.8) is 0 Å². The lowest BCUT2D eigenvalue weighted by molar-refractivity contribution is -0.150. The standard InChI is InChI=1S/C38H66O4/c1-3-5-7-9-11-13-14-15-16-17-18-19-20-21-22-23-25-27-29-35-38(41)42-36(33-30-31-34-37(39)40)32-28-26-24-12-10-8-6-4-2/h11,13,15-16,18-19,21-22,36H,3-10,12,14,17,20,23-35H2,1-2H3,(H,39,40)/b13-11-,16-15-,19-18-,22-21-. The largest absolute Gasteiger partial charge is 0.481 e. The maximum absolute atomic E-state index is 12.5. The molecule has 0 rings (SSSR count). The Kier molecular flexibility index (Phi) is 31.7. The molecule has 0 saturated heterocycles. The number of allylic oxidation sites excluding steroid dienone is 8. The average molecular weight is 587 g/mol. The summed E-state index contributed by atoms with van der Waals surface area (Å²) in [5.74, 6) is -0.840. The van der Waals surface area contributed by atoms with Crippen LogP contribution in [0.4, 0.5) is 0 Å². The fraction of sp³-hybridized carbons (Fsp3) is 0.737. The van der Waals surface area contributed by atoms with Crippen molar-refractivity contribution in [3.8, 4) is 0 Å². The van der Waals surface area contributed by atoms with E-state index < -0.39 is 5.97 Å². The van der Waals surface area contributed by atoms with Gasteiger partial charge in [0.05, 0.1) is 0 Å². The highest BCUT2D eigenvalue weighted by molar-refractivity contribution is 5.69. The second kappa shape index (κ2) is 33.4. The Morgan fingerprint density at radius 1 is 0.524 bits per heavy atom. The summed E-state index contributed by atoms with van der Waals surface area (Å²) in [5.41, 5.74) is 0. The Labute approximate surface area is 260 Å². The second-order valence-corrected chi connectivity index (χ2v) is 11.7. The molecule has 0 aromatic rings. The van der Waals surface area contributed by atoms with Crippen molar-refractivity contribution in [1.82, 2.24) is 0 Å². The molecule has 0 aromatic carbocycles. The van der Waals surface area contributed by atoms with Crippen molar-refractivity contribution in [3.05, 3.63) is 48.6 Å². The minimum atomic E-state index is -0.752. The molecule has 0 saturated carbocycles. The van der Waals surface area contributed by atoms with Gasteiger partial charge in [0.1, 0.15) is 6.10 Å². The SMILES string of the molecule is CCCCC/C=C\C/C=C\C/C=C\C/C=C\CCCCCC(=O)OC(CCCCCCCCCC)CCCCC(=O)O. The highest BCUT2D eigenvalue weighted by atomic mass is 16.5. The number of hydrogen-bond donors (Lipinski definition) is 1. The second-order valence-electron chi connectivity index (χ2n) is 11.7. The van der Waals surface area contributed by atoms with Crippen molar-refractivity contribution in [2.45, 2.75) is 180 Å². The number of ether oxygens (including phenoxy) is 1. The van der Waals surface area contributed by atoms with Crippen LogP contribution in [0.15, 0.2) is 48.6 Å². The summed E-state index contributed by atoms with van der Waals surface area (Å²) >= 11 is 0. The van der Waals surface area contributed by atoms with E-state index in [0.717, 1.165) is 70.6 Å². The Bertz CT molecular complexity index is 719. The molecule has 0 aliphatic carbocycles. The van der Waals surface area contributed by atoms with Gasteiger partial charge in [0, 0.05) is 12.8 Å². The molecule has 0 aromatic heterocycles. The van der Waals surface area contributed by atoms with Gasteiger partial charge in [-0.1, -0.05) is 127 Å². The van der Waals surface area contributed by atoms with Crippen molar-refractivity contribution in [2.75, 3.05) is 0 Å². The predicted molar refractivity (Wildman–Crippen MR) is 181 cm³/mol. The minimum absolute atomic E-state index is 0.0602. The first-order chi connectivity index (χ1) is 20.6. The molecule has 4 nitrogen and oxygen atoms in total. The molecule has 0 aliphatic heterocycles. The van der Waals surface area contributed by atoms with Crippen LogP contribution in [0.1, 0.15) is 174 Å². The van der Waals surface area contributed by atoms with Crippen LogP contribution in [0.3, 0.4) is 0 Å². The van der Waals surface area contributed by atoms with Crippen LogP contribution in [-0.4, -0.2) is 23.1 Å². The molecule has 242 valence electrons. The summed E-state index contributed by atoms with van der Waals surface area (Å²) < 4.78 is 5.84. The van der Waals surface area contributed by atoms with E-state index >= 15 is 0 Å². The first-order valence-electron chi connectivity index (χ1n) is 17.6. The summed E-state index contributed by atoms with van der Waals surface area (Å²) in [6, 6.07) is 0. The van der Waals surface area contributed by atoms with Gasteiger partial charge in [0.2, 0.25) is 0 Å². The smallest absolute Gasteiger partial charge is 0.306 e. The van der Waals surface area contributed by atoms with E-state index in [-0.39, 0.29) is 18.5 Å². The molecule has 1 unspecified atom stereocenters. The number of hydrogen-bond acceptors (Lipinski definition) is 3. The van der Waals surface area contributed by atoms with Crippen LogP contribution >= 0.6 is 0 Å². The highest BCUT2D eigenvalue weighted by Crippen LogP contribution is 2.18. The molecule has 42 heavy (non-hydrogen) atoms. The van der Waals surface area contributed by atoms with Crippen LogP contribution in [0.5, 0.6) is 0 Å². The van der Waals surface area contributed by atoms with Crippen LogP contribution in [0.25, 0.3) is 0 Å². The quantitative estimate of drug-likeness (QED) is 0.0498. The van der Waals surface area contributed by atoms with Crippen molar-refractivity contribution in [2.24, 2.45) is 0 Å². The average Bonchev–Trinajstić information content (AvgIpc) is 2.97. The fourth-order valence-electron chi connectivity index (χ4n) is 4.93. The number of carbonyl (C=O) groups excluding carboxylic acids is 1. The number of esters is 1. The normalized spacial score (nSPS) is 12.8. The zero-order valence-corrected chi connectivity index (χ0v) is 27.5. The number of carboxylic acids is 1. The Balaban J connectivity index is 3.95. The van der Waals surface area contributed by atoms with E-state index in [1.807, 2.05) is 0 Å². The topological polar surface area (TPSA) is 63.6 Å². The van der Waals surface area contributed by atoms with Gasteiger partial charge in [-0.2, -0.15) is 0 Å². The number of carbonyl (C=O) groups is 2. The van der Waals surface area contributed by atoms with Gasteiger partial charge in [0.25, 0.3) is 0 Å². The minimum Gasteiger partial charge on any atom is -0.481 e. The molecular formula is C38H66O4. The lowest BCUT2D eigenvalue weighted by atomic mass is 10.0. The molecule has 0 radical (unpaired) electrons. The summed E-state index contributed by atoms with van der Waals surface area (Å²) in [6.45, 7) is 4.48. The first kappa shape index (κ1) is 39.9. The third kappa shape index (κ3) is 32.4. The zero-order chi connectivity index (χ0) is 30.8. The molecule has 0 heterocycles. The van der Waals surface area contributed by atoms with Gasteiger partial charge in [-0.25, -0.2) is 0 Å². The van der Waals surface area contributed by atoms with E-state index in [2.05, 4.69) is 62.5 Å². The molecule has 1 N–H and O–H groups in total. The predicted octanol–water partition coefficient (Wildman–Crippen LogP) is 12.0. The van der Waals surface area contributed by atoms with Gasteiger partial charge >= 0.3 is 11.9 Å². The summed E-state index contributed by atoms with van der Waals surface area (Å²) in [7, 11) is 0. The highest BCUT2D eigenvalue weighted by Gasteiger charge is 2.14. The van der Waals surface area contributed by atoms with E-state index in [9.17, 15) is 9.59 Å². The van der Waals surface area contributed by atoms with E-state index in [0.29, 0.717) is 12.8 Å². The molecule has 1 atom stereocenters. The van der Waals surface area contributed by atoms with Crippen molar-refractivity contribution in [1.29, 1.82) is 0 Å². The van der Waals surface area contributed by atoms with Gasteiger partial charge in [0.15, 0.2) is 0 Å². The Morgan fingerprint density at radius 3 is 1.48 bits per heavy atom. The Hall–Kier alpha value is -2.10. The lowest BCUT2D eigenvalue weighted by Gasteiger charge is -2.18. The number of aliphatic carboxylic acids is 1. The van der Waals surface area contributed by atoms with Gasteiger partial charge in [-0.05, 0) is 83.5 Å². The van der Waals surface area contributed by atoms with Crippen LogP contribution in [0.2, 0.25) is 0 Å². The third-order valence-corrected chi connectivity index (χ3v) is 7.55. The number of unbranched alkanes of at least 4 members (excludes halogenated alkanes) is 14. The monoisotopic (exact) mass is 586 g/mol. The zero-order valence-electron chi connectivity index (χ0n) is 27.5. The molecule has 4 heteroatoms. The third-order valence-electron chi connectivity index (χ3n) is 7.55. The van der Waals surface area contributed by atoms with Crippen LogP contribution < -0.4 is 0 Å². The van der Waals surface area contributed by atoms with E-state index in [4.69, 9.17) is 9.84 Å². The maximum Gasteiger partial charge on any atom is 0.306 e. The Morgan fingerprint density at radius 2 is 0.929 bits per heavy atom. The first-order valence-corrected chi connectivity index (χ1v) is 17.6. The van der Waals surface area contributed by atoms with E-state index in [1.165, 1.54) is 70.6 Å². The molecular weight excluding hydrogens is 520 g/mol. The van der Waals surface area contributed by atoms with Crippen LogP contribution in [0, 0.1) is 0 Å². The molecule has 0 fully saturated rings. The summed E-state index contributed by atoms with van der Waals surface area (Å²) in [5, 5.41) is 8.89. The van der Waals surface area contributed by atoms with Crippen LogP contribution in [-0.2, 0) is 14.3 Å². The molecule has 0 amide bonds.